The van der Waals surface area contributed by atoms with Crippen LogP contribution < -0.4 is 0 Å². The number of hydrogen-bond acceptors (Lipinski definition) is 0. The number of hydrogen-bond donors (Lipinski definition) is 0. The third-order valence-electron chi connectivity index (χ3n) is 0. The van der Waals surface area contributed by atoms with Crippen LogP contribution in [0, 0.1) is 0 Å². The lowest BCUT2D eigenvalue weighted by Crippen LogP contribution is -0.552. The van der Waals surface area contributed by atoms with Crippen molar-refractivity contribution in [2.45, 2.75) is 0 Å². The summed E-state index contributed by atoms with van der Waals surface area (Å²) in [6.45, 7) is 6.00. The molecule has 44 valence electrons. The molecule has 0 aliphatic carbocycles. The maximum Gasteiger partial charge on any atom is -0.106 e. The van der Waals surface area contributed by atoms with Crippen molar-refractivity contribution in [3.8, 4) is 0 Å². The maximum absolute atomic E-state index is 3.00. The lowest BCUT2D eigenvalue weighted by Gasteiger charge is -0.813. The van der Waals surface area contributed by atoms with Crippen molar-refractivity contribution in [2.24, 2.45) is 0 Å². The lowest BCUT2D eigenvalue weighted by atomic mass is 11.3. The van der Waals surface area contributed by atoms with Gasteiger partial charge in [0.15, 0.2) is 0 Å². The van der Waals surface area contributed by atoms with Crippen molar-refractivity contribution < 1.29 is 21.9 Å². The van der Waals surface area contributed by atoms with Gasteiger partial charge in [0.1, 0.15) is 0 Å². The zero-order valence-corrected chi connectivity index (χ0v) is 3.41. The Hall–Kier alpha value is -0.420. The minimum atomic E-state index is 0. The molecule has 0 rings (SSSR count). The van der Waals surface area contributed by atoms with E-state index in [9.17, 15) is 0 Å². The van der Waals surface area contributed by atoms with Crippen LogP contribution in [0.4, 0.5) is 0 Å². The number of rotatable bonds is 0. The van der Waals surface area contributed by atoms with E-state index in [0.717, 1.165) is 0 Å². The molecule has 8 N–H and O–H groups in total. The van der Waals surface area contributed by atoms with Crippen LogP contribution in [-0.2, 0) is 0 Å². The average molecular weight is 100 g/mol. The second-order valence-electron chi connectivity index (χ2n) is 0. The van der Waals surface area contributed by atoms with Gasteiger partial charge in [0.05, 0.1) is 0 Å². The molecule has 0 atom stereocenters. The van der Waals surface area contributed by atoms with E-state index in [4.69, 9.17) is 0 Å². The molecule has 6 heavy (non-hydrogen) atoms. The molecule has 0 saturated carbocycles. The van der Waals surface area contributed by atoms with Crippen molar-refractivity contribution in [3.63, 3.8) is 0 Å². The van der Waals surface area contributed by atoms with Crippen molar-refractivity contribution in [1.82, 2.24) is 0 Å². The molecular weight excluding hydrogens is 88.0 g/mol. The second kappa shape index (κ2) is 333. The smallest absolute Gasteiger partial charge is 0.106 e. The molecule has 0 aromatic carbocycles. The van der Waals surface area contributed by atoms with Crippen LogP contribution in [0.5, 0.6) is 0 Å². The molecule has 0 spiro atoms. The van der Waals surface area contributed by atoms with E-state index in [1.165, 1.54) is 0 Å². The van der Waals surface area contributed by atoms with Crippen molar-refractivity contribution >= 4 is 0 Å². The summed E-state index contributed by atoms with van der Waals surface area (Å²) in [6.07, 6.45) is 0. The van der Waals surface area contributed by atoms with Gasteiger partial charge in [0.2, 0.25) is 0 Å². The molecule has 0 saturated heterocycles. The molecule has 0 amide bonds. The van der Waals surface area contributed by atoms with E-state index in [0.29, 0.717) is 0 Å². The highest BCUT2D eigenvalue weighted by Gasteiger charge is 0.601. The molecular formula is C2H12O4. The average Bonchev–Trinajstić information content (AvgIpc) is 1.00. The Balaban J connectivity index is -0.000000000833. The zero-order chi connectivity index (χ0) is 2.00. The van der Waals surface area contributed by atoms with Gasteiger partial charge in [-0.3, -0.25) is 0 Å². The van der Waals surface area contributed by atoms with E-state index in [1.807, 2.05) is 0 Å². The summed E-state index contributed by atoms with van der Waals surface area (Å²) in [4.78, 5) is 0. The SMILES string of the molecule is C=C.O.O.O.O. The molecule has 0 aliphatic rings. The van der Waals surface area contributed by atoms with E-state index in [-0.39, 0.29) is 21.9 Å². The first kappa shape index (κ1) is 348. The summed E-state index contributed by atoms with van der Waals surface area (Å²) in [5.74, 6) is 0. The van der Waals surface area contributed by atoms with Gasteiger partial charge in [-0.25, -0.2) is 0 Å². The molecule has 0 aromatic heterocycles. The summed E-state index contributed by atoms with van der Waals surface area (Å²) in [7, 11) is 0. The first-order chi connectivity index (χ1) is 1.00. The monoisotopic (exact) mass is 100 g/mol. The van der Waals surface area contributed by atoms with Crippen LogP contribution in [0.15, 0.2) is 13.2 Å². The quantitative estimate of drug-likeness (QED) is 0.298. The molecule has 0 radical (unpaired) electrons. The highest BCUT2D eigenvalue weighted by Crippen LogP contribution is 0.862. The first-order valence-corrected chi connectivity index (χ1v) is 0.500. The van der Waals surface area contributed by atoms with Gasteiger partial charge in [0.25, 0.3) is 0 Å². The Bertz CT molecular complexity index is 5.51. The summed E-state index contributed by atoms with van der Waals surface area (Å²) < 4.78 is 0. The summed E-state index contributed by atoms with van der Waals surface area (Å²) >= 11 is 0. The van der Waals surface area contributed by atoms with Crippen LogP contribution in [0.2, 0.25) is 0 Å². The second-order valence-corrected chi connectivity index (χ2v) is 0. The normalized spacial score (nSPS) is 0.667. The Kier molecular flexibility index (Phi) is 19300. The molecule has 0 fully saturated rings. The van der Waals surface area contributed by atoms with Gasteiger partial charge in [-0.1, -0.05) is 0 Å². The molecule has 0 aromatic rings. The van der Waals surface area contributed by atoms with Crippen molar-refractivity contribution in [2.75, 3.05) is 0 Å². The van der Waals surface area contributed by atoms with Gasteiger partial charge in [-0.2, -0.15) is 0 Å². The predicted octanol–water partition coefficient (Wildman–Crippen LogP) is -2.50. The fourth-order valence-electron chi connectivity index (χ4n) is 0. The molecule has 4 heteroatoms. The standard InChI is InChI=1S/C2H4.4H2O/c1-2;;;;/h1-2H2;4*1H2. The van der Waals surface area contributed by atoms with Gasteiger partial charge in [-0.15, -0.1) is 13.2 Å². The first-order valence-electron chi connectivity index (χ1n) is 0.500. The van der Waals surface area contributed by atoms with Crippen LogP contribution >= 0.6 is 0 Å². The van der Waals surface area contributed by atoms with Gasteiger partial charge in [0, 0.05) is 0 Å². The largest absolute Gasteiger partial charge is 0.412 e. The maximum atomic E-state index is 3.00. The molecule has 0 bridgehead atoms. The predicted molar refractivity (Wildman–Crippen MR) is 25.7 cm³/mol. The Morgan fingerprint density at radius 3 is 0.500 bits per heavy atom. The van der Waals surface area contributed by atoms with Crippen LogP contribution in [0.3, 0.4) is 0 Å². The van der Waals surface area contributed by atoms with E-state index >= 15 is 0 Å². The van der Waals surface area contributed by atoms with Crippen molar-refractivity contribution in [3.05, 3.63) is 13.2 Å². The minimum Gasteiger partial charge on any atom is -0.412 e. The Labute approximate surface area is 36.3 Å². The third kappa shape index (κ3) is 135. The van der Waals surface area contributed by atoms with Crippen LogP contribution in [0.1, 0.15) is 0 Å². The Morgan fingerprint density at radius 1 is 0.500 bits per heavy atom. The molecule has 0 unspecified atom stereocenters. The van der Waals surface area contributed by atoms with E-state index in [2.05, 4.69) is 13.2 Å². The van der Waals surface area contributed by atoms with Gasteiger partial charge in [-0.05, 0) is 0 Å². The van der Waals surface area contributed by atoms with Gasteiger partial charge >= 0.3 is 0 Å². The Morgan fingerprint density at radius 2 is 0.500 bits per heavy atom. The zero-order valence-electron chi connectivity index (χ0n) is 3.41. The van der Waals surface area contributed by atoms with E-state index in [1.54, 1.807) is 0 Å². The summed E-state index contributed by atoms with van der Waals surface area (Å²) in [6, 6.07) is 0. The minimum absolute atomic E-state index is 0. The fourth-order valence-corrected chi connectivity index (χ4v) is 0. The highest BCUT2D eigenvalue weighted by molar-refractivity contribution is 4.22. The van der Waals surface area contributed by atoms with Gasteiger partial charge < -0.3 is 21.9 Å². The third-order valence-corrected chi connectivity index (χ3v) is 0. The van der Waals surface area contributed by atoms with Crippen molar-refractivity contribution in [1.29, 1.82) is 0 Å². The van der Waals surface area contributed by atoms with Crippen LogP contribution in [-0.4, -0.2) is 21.9 Å². The van der Waals surface area contributed by atoms with E-state index < -0.39 is 0 Å². The lowest BCUT2D eigenvalue weighted by molar-refractivity contribution is 0.823. The summed E-state index contributed by atoms with van der Waals surface area (Å²) in [5.41, 5.74) is 0. The topological polar surface area (TPSA) is 126 Å². The fraction of sp³-hybridized carbons (Fsp3) is 0. The highest BCUT2D eigenvalue weighted by atomic mass is 16.0. The summed E-state index contributed by atoms with van der Waals surface area (Å²) in [5, 5.41) is 0. The molecule has 0 aliphatic heterocycles. The van der Waals surface area contributed by atoms with Crippen LogP contribution in [0.25, 0.3) is 0 Å². The molecule has 4 nitrogen and oxygen atoms in total. The molecule has 0 heterocycles.